The van der Waals surface area contributed by atoms with E-state index >= 15 is 0 Å². The summed E-state index contributed by atoms with van der Waals surface area (Å²) in [4.78, 5) is 24.8. The summed E-state index contributed by atoms with van der Waals surface area (Å²) in [5, 5.41) is 14.1. The Hall–Kier alpha value is -1.30. The number of nitrogens with one attached hydrogen (secondary N) is 2. The van der Waals surface area contributed by atoms with E-state index in [1.165, 1.54) is 26.7 Å². The van der Waals surface area contributed by atoms with Gasteiger partial charge in [0, 0.05) is 12.6 Å². The molecule has 6 nitrogen and oxygen atoms in total. The standard InChI is InChI=1S/C12H23N3O3/c1-9(8-15-6-4-5-7-15)13-11(18)14-12(2,3)10(16)17/h9H,4-8H2,1-3H3,(H,16,17)(H2,13,14,18). The van der Waals surface area contributed by atoms with Crippen molar-refractivity contribution in [1.29, 1.82) is 0 Å². The molecule has 1 saturated heterocycles. The summed E-state index contributed by atoms with van der Waals surface area (Å²) in [6.45, 7) is 7.80. The first-order valence-corrected chi connectivity index (χ1v) is 6.35. The van der Waals surface area contributed by atoms with Crippen molar-refractivity contribution < 1.29 is 14.7 Å². The molecule has 0 radical (unpaired) electrons. The van der Waals surface area contributed by atoms with Crippen LogP contribution >= 0.6 is 0 Å². The van der Waals surface area contributed by atoms with Crippen molar-refractivity contribution in [3.05, 3.63) is 0 Å². The maximum Gasteiger partial charge on any atom is 0.328 e. The van der Waals surface area contributed by atoms with Gasteiger partial charge in [-0.1, -0.05) is 0 Å². The zero-order chi connectivity index (χ0) is 13.8. The summed E-state index contributed by atoms with van der Waals surface area (Å²) in [6.07, 6.45) is 2.43. The van der Waals surface area contributed by atoms with Gasteiger partial charge in [0.25, 0.3) is 0 Å². The van der Waals surface area contributed by atoms with Gasteiger partial charge in [0.1, 0.15) is 5.54 Å². The van der Waals surface area contributed by atoms with Crippen molar-refractivity contribution >= 4 is 12.0 Å². The highest BCUT2D eigenvalue weighted by molar-refractivity contribution is 5.85. The van der Waals surface area contributed by atoms with E-state index in [-0.39, 0.29) is 6.04 Å². The number of carboxylic acids is 1. The van der Waals surface area contributed by atoms with Crippen LogP contribution in [-0.4, -0.2) is 53.2 Å². The molecule has 1 heterocycles. The summed E-state index contributed by atoms with van der Waals surface area (Å²) >= 11 is 0. The lowest BCUT2D eigenvalue weighted by atomic mass is 10.1. The van der Waals surface area contributed by atoms with Crippen LogP contribution in [-0.2, 0) is 4.79 Å². The van der Waals surface area contributed by atoms with E-state index in [1.807, 2.05) is 6.92 Å². The quantitative estimate of drug-likeness (QED) is 0.675. The zero-order valence-electron chi connectivity index (χ0n) is 11.3. The van der Waals surface area contributed by atoms with Crippen LogP contribution < -0.4 is 10.6 Å². The van der Waals surface area contributed by atoms with Gasteiger partial charge in [0.2, 0.25) is 0 Å². The average Bonchev–Trinajstić information content (AvgIpc) is 2.68. The fourth-order valence-electron chi connectivity index (χ4n) is 2.00. The zero-order valence-corrected chi connectivity index (χ0v) is 11.3. The number of urea groups is 1. The van der Waals surface area contributed by atoms with Crippen molar-refractivity contribution in [2.75, 3.05) is 19.6 Å². The van der Waals surface area contributed by atoms with E-state index in [9.17, 15) is 9.59 Å². The average molecular weight is 257 g/mol. The smallest absolute Gasteiger partial charge is 0.328 e. The Balaban J connectivity index is 2.32. The number of hydrogen-bond donors (Lipinski definition) is 3. The normalized spacial score (nSPS) is 18.4. The first kappa shape index (κ1) is 14.8. The number of carbonyl (C=O) groups excluding carboxylic acids is 1. The Morgan fingerprint density at radius 3 is 2.39 bits per heavy atom. The summed E-state index contributed by atoms with van der Waals surface area (Å²) in [6, 6.07) is -0.429. The molecule has 0 spiro atoms. The lowest BCUT2D eigenvalue weighted by Crippen LogP contribution is -2.55. The molecule has 2 amide bonds. The van der Waals surface area contributed by atoms with Gasteiger partial charge in [-0.25, -0.2) is 9.59 Å². The Bertz CT molecular complexity index is 312. The van der Waals surface area contributed by atoms with Crippen LogP contribution in [0.1, 0.15) is 33.6 Å². The molecule has 18 heavy (non-hydrogen) atoms. The first-order valence-electron chi connectivity index (χ1n) is 6.35. The third kappa shape index (κ3) is 4.52. The molecule has 0 aliphatic carbocycles. The minimum Gasteiger partial charge on any atom is -0.480 e. The fourth-order valence-corrected chi connectivity index (χ4v) is 2.00. The lowest BCUT2D eigenvalue weighted by Gasteiger charge is -2.25. The highest BCUT2D eigenvalue weighted by atomic mass is 16.4. The van der Waals surface area contributed by atoms with E-state index in [2.05, 4.69) is 15.5 Å². The van der Waals surface area contributed by atoms with Crippen molar-refractivity contribution in [2.24, 2.45) is 0 Å². The van der Waals surface area contributed by atoms with E-state index in [4.69, 9.17) is 5.11 Å². The predicted octanol–water partition coefficient (Wildman–Crippen LogP) is 0.633. The Labute approximate surface area is 108 Å². The van der Waals surface area contributed by atoms with Gasteiger partial charge < -0.3 is 20.6 Å². The Morgan fingerprint density at radius 2 is 1.89 bits per heavy atom. The number of hydrogen-bond acceptors (Lipinski definition) is 3. The molecule has 0 saturated carbocycles. The minimum atomic E-state index is -1.25. The number of carboxylic acid groups (broad SMARTS) is 1. The van der Waals surface area contributed by atoms with Crippen molar-refractivity contribution in [3.8, 4) is 0 Å². The molecular weight excluding hydrogens is 234 g/mol. The molecular formula is C12H23N3O3. The third-order valence-corrected chi connectivity index (χ3v) is 3.07. The Kier molecular flexibility index (Phi) is 4.95. The number of rotatable bonds is 5. The topological polar surface area (TPSA) is 81.7 Å². The molecule has 104 valence electrons. The molecule has 1 unspecified atom stereocenters. The molecule has 1 aliphatic heterocycles. The lowest BCUT2D eigenvalue weighted by molar-refractivity contribution is -0.142. The van der Waals surface area contributed by atoms with Gasteiger partial charge >= 0.3 is 12.0 Å². The second-order valence-electron chi connectivity index (χ2n) is 5.44. The molecule has 0 aromatic carbocycles. The summed E-state index contributed by atoms with van der Waals surface area (Å²) in [5.74, 6) is -1.05. The van der Waals surface area contributed by atoms with Crippen molar-refractivity contribution in [1.82, 2.24) is 15.5 Å². The van der Waals surface area contributed by atoms with Crippen molar-refractivity contribution in [2.45, 2.75) is 45.2 Å². The third-order valence-electron chi connectivity index (χ3n) is 3.07. The van der Waals surface area contributed by atoms with Gasteiger partial charge in [-0.15, -0.1) is 0 Å². The SMILES string of the molecule is CC(CN1CCCC1)NC(=O)NC(C)(C)C(=O)O. The van der Waals surface area contributed by atoms with Crippen LogP contribution in [0.4, 0.5) is 4.79 Å². The first-order chi connectivity index (χ1) is 8.31. The van der Waals surface area contributed by atoms with Crippen LogP contribution in [0.2, 0.25) is 0 Å². The Morgan fingerprint density at radius 1 is 1.33 bits per heavy atom. The number of nitrogens with zero attached hydrogens (tertiary/aromatic N) is 1. The van der Waals surface area contributed by atoms with Gasteiger partial charge in [-0.2, -0.15) is 0 Å². The maximum absolute atomic E-state index is 11.6. The van der Waals surface area contributed by atoms with Gasteiger partial charge in [0.15, 0.2) is 0 Å². The fraction of sp³-hybridized carbons (Fsp3) is 0.833. The summed E-state index contributed by atoms with van der Waals surface area (Å²) in [5.41, 5.74) is -1.25. The van der Waals surface area contributed by atoms with E-state index in [0.717, 1.165) is 19.6 Å². The molecule has 0 aromatic rings. The van der Waals surface area contributed by atoms with Crippen LogP contribution in [0, 0.1) is 0 Å². The second-order valence-corrected chi connectivity index (χ2v) is 5.44. The highest BCUT2D eigenvalue weighted by Gasteiger charge is 2.29. The maximum atomic E-state index is 11.6. The number of amides is 2. The van der Waals surface area contributed by atoms with E-state index in [0.29, 0.717) is 0 Å². The minimum absolute atomic E-state index is 0.00712. The van der Waals surface area contributed by atoms with Crippen molar-refractivity contribution in [3.63, 3.8) is 0 Å². The van der Waals surface area contributed by atoms with E-state index < -0.39 is 17.5 Å². The summed E-state index contributed by atoms with van der Waals surface area (Å²) < 4.78 is 0. The number of aliphatic carboxylic acids is 1. The monoisotopic (exact) mass is 257 g/mol. The van der Waals surface area contributed by atoms with Gasteiger partial charge in [-0.05, 0) is 46.7 Å². The van der Waals surface area contributed by atoms with Crippen LogP contribution in [0.25, 0.3) is 0 Å². The molecule has 0 bridgehead atoms. The summed E-state index contributed by atoms with van der Waals surface area (Å²) in [7, 11) is 0. The molecule has 6 heteroatoms. The van der Waals surface area contributed by atoms with Crippen LogP contribution in [0.15, 0.2) is 0 Å². The van der Waals surface area contributed by atoms with Crippen LogP contribution in [0.5, 0.6) is 0 Å². The van der Waals surface area contributed by atoms with Gasteiger partial charge in [-0.3, -0.25) is 0 Å². The molecule has 0 aromatic heterocycles. The number of likely N-dealkylation sites (tertiary alicyclic amines) is 1. The van der Waals surface area contributed by atoms with Gasteiger partial charge in [0.05, 0.1) is 0 Å². The highest BCUT2D eigenvalue weighted by Crippen LogP contribution is 2.07. The number of carbonyl (C=O) groups is 2. The molecule has 1 fully saturated rings. The molecule has 3 N–H and O–H groups in total. The molecule has 1 aliphatic rings. The second kappa shape index (κ2) is 6.04. The van der Waals surface area contributed by atoms with E-state index in [1.54, 1.807) is 0 Å². The van der Waals surface area contributed by atoms with Crippen LogP contribution in [0.3, 0.4) is 0 Å². The molecule has 1 rings (SSSR count). The molecule has 1 atom stereocenters. The largest absolute Gasteiger partial charge is 0.480 e. The predicted molar refractivity (Wildman–Crippen MR) is 68.5 cm³/mol.